The largest absolute Gasteiger partial charge is 0.492 e. The van der Waals surface area contributed by atoms with Crippen molar-refractivity contribution >= 4 is 29.2 Å². The van der Waals surface area contributed by atoms with Crippen molar-refractivity contribution in [1.29, 1.82) is 5.26 Å². The third-order valence-corrected chi connectivity index (χ3v) is 10.5. The number of rotatable bonds is 18. The summed E-state index contributed by atoms with van der Waals surface area (Å²) in [7, 11) is 0. The molecular formula is C41H46Cl2N4O7. The van der Waals surface area contributed by atoms with Crippen LogP contribution in [0.5, 0.6) is 17.2 Å². The highest BCUT2D eigenvalue weighted by molar-refractivity contribution is 6.35. The molecule has 1 unspecified atom stereocenters. The molecular weight excluding hydrogens is 731 g/mol. The van der Waals surface area contributed by atoms with E-state index in [-0.39, 0.29) is 25.9 Å². The molecule has 1 aromatic heterocycles. The molecule has 0 spiro atoms. The second-order valence-corrected chi connectivity index (χ2v) is 14.4. The van der Waals surface area contributed by atoms with Gasteiger partial charge in [-0.1, -0.05) is 60.5 Å². The number of carboxylic acids is 1. The number of hydrogen-bond acceptors (Lipinski definition) is 10. The van der Waals surface area contributed by atoms with Crippen LogP contribution in [0.1, 0.15) is 54.5 Å². The van der Waals surface area contributed by atoms with Crippen LogP contribution in [0.4, 0.5) is 0 Å². The number of likely N-dealkylation sites (N-methyl/N-ethyl adjacent to an activating group) is 1. The van der Waals surface area contributed by atoms with E-state index in [2.05, 4.69) is 16.0 Å². The van der Waals surface area contributed by atoms with Gasteiger partial charge >= 0.3 is 5.97 Å². The lowest BCUT2D eigenvalue weighted by Gasteiger charge is -2.36. The molecule has 5 rings (SSSR count). The first-order valence-corrected chi connectivity index (χ1v) is 18.6. The van der Waals surface area contributed by atoms with Gasteiger partial charge in [-0.25, -0.2) is 0 Å². The number of nitrogens with zero attached hydrogens (tertiary/aromatic N) is 4. The number of carbonyl (C=O) groups is 1. The maximum atomic E-state index is 12.2. The van der Waals surface area contributed by atoms with Crippen LogP contribution >= 0.6 is 23.2 Å². The second kappa shape index (κ2) is 18.8. The summed E-state index contributed by atoms with van der Waals surface area (Å²) in [6.45, 7) is 8.34. The number of hydrogen-bond donors (Lipinski definition) is 3. The molecule has 2 atom stereocenters. The lowest BCUT2D eigenvalue weighted by molar-refractivity contribution is -0.153. The van der Waals surface area contributed by atoms with Crippen LogP contribution in [0, 0.1) is 18.3 Å². The summed E-state index contributed by atoms with van der Waals surface area (Å²) in [6, 6.07) is 18.8. The molecule has 3 aromatic carbocycles. The van der Waals surface area contributed by atoms with E-state index in [1.54, 1.807) is 29.3 Å². The van der Waals surface area contributed by atoms with Crippen molar-refractivity contribution in [2.45, 2.75) is 65.0 Å². The summed E-state index contributed by atoms with van der Waals surface area (Å²) in [5, 5.41) is 39.9. The number of aliphatic hydroxyl groups is 2. The van der Waals surface area contributed by atoms with Gasteiger partial charge in [0.05, 0.1) is 34.9 Å². The zero-order valence-corrected chi connectivity index (χ0v) is 32.2. The number of nitriles is 1. The lowest BCUT2D eigenvalue weighted by Crippen LogP contribution is -2.54. The lowest BCUT2D eigenvalue weighted by atomic mass is 9.96. The summed E-state index contributed by atoms with van der Waals surface area (Å²) in [5.41, 5.74) is 3.73. The molecule has 0 saturated carbocycles. The van der Waals surface area contributed by atoms with Crippen molar-refractivity contribution in [2.24, 2.45) is 0 Å². The van der Waals surface area contributed by atoms with Crippen LogP contribution in [0.25, 0.3) is 11.1 Å². The Morgan fingerprint density at radius 2 is 1.80 bits per heavy atom. The maximum Gasteiger partial charge on any atom is 0.326 e. The number of aromatic nitrogens is 1. The van der Waals surface area contributed by atoms with E-state index in [0.717, 1.165) is 48.2 Å². The molecule has 3 N–H and O–H groups in total. The van der Waals surface area contributed by atoms with Gasteiger partial charge in [-0.15, -0.1) is 0 Å². The SMILES string of the molecule is CCN(Cc1cc(Cl)c(OCc2cccc(-c3cccc(OCCCN4CC[C@@H](O)C4)c3Cl)c2C)cc1OCc1cncc(C#N)c1)C(C)(CO)C(=O)O. The van der Waals surface area contributed by atoms with Gasteiger partial charge in [0.1, 0.15) is 42.1 Å². The fraction of sp³-hybridized carbons (Fsp3) is 0.390. The highest BCUT2D eigenvalue weighted by Gasteiger charge is 2.39. The van der Waals surface area contributed by atoms with E-state index >= 15 is 0 Å². The Hall–Kier alpha value is -4.41. The molecule has 2 heterocycles. The van der Waals surface area contributed by atoms with E-state index in [9.17, 15) is 25.4 Å². The molecule has 286 valence electrons. The van der Waals surface area contributed by atoms with Gasteiger partial charge in [0.15, 0.2) is 0 Å². The van der Waals surface area contributed by atoms with Crippen LogP contribution in [-0.2, 0) is 24.6 Å². The summed E-state index contributed by atoms with van der Waals surface area (Å²) in [6.07, 6.45) is 4.46. The van der Waals surface area contributed by atoms with Gasteiger partial charge in [-0.3, -0.25) is 14.7 Å². The van der Waals surface area contributed by atoms with E-state index in [4.69, 9.17) is 37.4 Å². The Bertz CT molecular complexity index is 1970. The summed E-state index contributed by atoms with van der Waals surface area (Å²) >= 11 is 13.7. The van der Waals surface area contributed by atoms with Crippen LogP contribution in [0.15, 0.2) is 67.0 Å². The minimum absolute atomic E-state index is 0.0756. The van der Waals surface area contributed by atoms with E-state index in [1.165, 1.54) is 13.1 Å². The topological polar surface area (TPSA) is 149 Å². The molecule has 1 fully saturated rings. The number of ether oxygens (including phenoxy) is 3. The van der Waals surface area contributed by atoms with Gasteiger partial charge in [0, 0.05) is 61.3 Å². The summed E-state index contributed by atoms with van der Waals surface area (Å²) < 4.78 is 18.6. The highest BCUT2D eigenvalue weighted by Crippen LogP contribution is 2.39. The monoisotopic (exact) mass is 776 g/mol. The number of aliphatic hydroxyl groups excluding tert-OH is 2. The number of carboxylic acid groups (broad SMARTS) is 1. The molecule has 1 aliphatic rings. The van der Waals surface area contributed by atoms with Gasteiger partial charge in [-0.05, 0) is 68.1 Å². The fourth-order valence-corrected chi connectivity index (χ4v) is 7.00. The van der Waals surface area contributed by atoms with Gasteiger partial charge in [0.25, 0.3) is 0 Å². The van der Waals surface area contributed by atoms with Crippen molar-refractivity contribution in [3.8, 4) is 34.4 Å². The van der Waals surface area contributed by atoms with E-state index < -0.39 is 18.1 Å². The summed E-state index contributed by atoms with van der Waals surface area (Å²) in [5.74, 6) is 0.198. The van der Waals surface area contributed by atoms with Crippen molar-refractivity contribution in [1.82, 2.24) is 14.8 Å². The summed E-state index contributed by atoms with van der Waals surface area (Å²) in [4.78, 5) is 20.2. The number of halogens is 2. The Morgan fingerprint density at radius 1 is 1.04 bits per heavy atom. The predicted molar refractivity (Wildman–Crippen MR) is 207 cm³/mol. The number of pyridine rings is 1. The second-order valence-electron chi connectivity index (χ2n) is 13.6. The first-order chi connectivity index (χ1) is 26.0. The molecule has 54 heavy (non-hydrogen) atoms. The van der Waals surface area contributed by atoms with Gasteiger partial charge in [-0.2, -0.15) is 5.26 Å². The van der Waals surface area contributed by atoms with E-state index in [1.807, 2.05) is 50.2 Å². The van der Waals surface area contributed by atoms with Crippen LogP contribution in [0.3, 0.4) is 0 Å². The minimum atomic E-state index is -1.55. The molecule has 0 amide bonds. The molecule has 0 bridgehead atoms. The van der Waals surface area contributed by atoms with Crippen LogP contribution in [0.2, 0.25) is 10.0 Å². The predicted octanol–water partition coefficient (Wildman–Crippen LogP) is 6.89. The maximum absolute atomic E-state index is 12.2. The van der Waals surface area contributed by atoms with Crippen molar-refractivity contribution in [2.75, 3.05) is 39.4 Å². The molecule has 4 aromatic rings. The van der Waals surface area contributed by atoms with Crippen molar-refractivity contribution in [3.05, 3.63) is 105 Å². The van der Waals surface area contributed by atoms with Gasteiger partial charge in [0.2, 0.25) is 0 Å². The molecule has 1 aliphatic heterocycles. The Labute approximate surface area is 326 Å². The van der Waals surface area contributed by atoms with Crippen LogP contribution < -0.4 is 14.2 Å². The van der Waals surface area contributed by atoms with E-state index in [0.29, 0.717) is 63.7 Å². The average molecular weight is 778 g/mol. The smallest absolute Gasteiger partial charge is 0.326 e. The molecule has 11 nitrogen and oxygen atoms in total. The zero-order chi connectivity index (χ0) is 38.8. The van der Waals surface area contributed by atoms with Crippen molar-refractivity contribution < 1.29 is 34.3 Å². The molecule has 0 radical (unpaired) electrons. The minimum Gasteiger partial charge on any atom is -0.492 e. The molecule has 0 aliphatic carbocycles. The number of β-amino-alcohol motifs (C(OH)–C–C–N with tert-alkyl or cyclic N) is 1. The van der Waals surface area contributed by atoms with Gasteiger partial charge < -0.3 is 34.4 Å². The molecule has 1 saturated heterocycles. The number of aliphatic carboxylic acids is 1. The first-order valence-electron chi connectivity index (χ1n) is 17.9. The average Bonchev–Trinajstić information content (AvgIpc) is 3.59. The number of likely N-dealkylation sites (tertiary alicyclic amines) is 1. The zero-order valence-electron chi connectivity index (χ0n) is 30.7. The fourth-order valence-electron chi connectivity index (χ4n) is 6.48. The Balaban J connectivity index is 1.35. The first kappa shape index (κ1) is 40.8. The third kappa shape index (κ3) is 9.82. The van der Waals surface area contributed by atoms with Crippen molar-refractivity contribution in [3.63, 3.8) is 0 Å². The third-order valence-electron chi connectivity index (χ3n) is 9.85. The normalized spacial score (nSPS) is 15.5. The molecule has 13 heteroatoms. The Kier molecular flexibility index (Phi) is 14.2. The van der Waals surface area contributed by atoms with Crippen LogP contribution in [-0.4, -0.2) is 87.1 Å². The highest BCUT2D eigenvalue weighted by atomic mass is 35.5. The standard InChI is InChI=1S/C41H46Cl2N4O7/c1-4-47(41(3,26-48)40(50)51)22-31-17-35(42)38(18-37(31)53-24-29-16-28(19-44)20-45-21-29)54-25-30-8-5-9-33(27(30)2)34-10-6-11-36(39(34)43)52-15-7-13-46-14-12-32(49)23-46/h5-6,8-11,16-18,20-21,32,48-49H,4,7,12-15,22-26H2,1-3H3,(H,50,51)/t32-,41?/m1/s1. The Morgan fingerprint density at radius 3 is 2.50 bits per heavy atom. The number of benzene rings is 3. The quantitative estimate of drug-likeness (QED) is 0.0908.